The van der Waals surface area contributed by atoms with Crippen molar-refractivity contribution in [2.75, 3.05) is 5.32 Å². The lowest BCUT2D eigenvalue weighted by molar-refractivity contribution is 0.102. The number of nitrogens with zero attached hydrogens (tertiary/aromatic N) is 4. The van der Waals surface area contributed by atoms with Gasteiger partial charge in [0.2, 0.25) is 5.88 Å². The molecule has 1 amide bonds. The zero-order chi connectivity index (χ0) is 16.8. The normalized spacial score (nSPS) is 9.79. The number of hydrogen-bond acceptors (Lipinski definition) is 6. The van der Waals surface area contributed by atoms with E-state index in [-0.39, 0.29) is 17.6 Å². The van der Waals surface area contributed by atoms with Crippen molar-refractivity contribution in [3.63, 3.8) is 0 Å². The molecular formula is C17H11N5O2. The molecule has 24 heavy (non-hydrogen) atoms. The molecule has 0 saturated heterocycles. The predicted octanol–water partition coefficient (Wildman–Crippen LogP) is 2.29. The summed E-state index contributed by atoms with van der Waals surface area (Å²) >= 11 is 0. The Morgan fingerprint density at radius 3 is 2.75 bits per heavy atom. The lowest BCUT2D eigenvalue weighted by atomic mass is 10.1. The van der Waals surface area contributed by atoms with Crippen molar-refractivity contribution in [3.05, 3.63) is 66.5 Å². The Labute approximate surface area is 137 Å². The Morgan fingerprint density at radius 1 is 1.12 bits per heavy atom. The molecule has 0 aliphatic carbocycles. The second kappa shape index (κ2) is 6.98. The SMILES string of the molecule is C#Cc1cccc(C(=O)Nc2cncc(Oc3cncnc3)n2)c1. The molecule has 0 aliphatic rings. The fourth-order valence-corrected chi connectivity index (χ4v) is 1.86. The van der Waals surface area contributed by atoms with Gasteiger partial charge >= 0.3 is 0 Å². The smallest absolute Gasteiger partial charge is 0.256 e. The number of nitrogens with one attached hydrogen (secondary N) is 1. The summed E-state index contributed by atoms with van der Waals surface area (Å²) in [6.07, 6.45) is 12.5. The Hall–Kier alpha value is -3.79. The van der Waals surface area contributed by atoms with Gasteiger partial charge in [-0.3, -0.25) is 9.78 Å². The van der Waals surface area contributed by atoms with Crippen molar-refractivity contribution in [1.29, 1.82) is 0 Å². The molecule has 0 unspecified atom stereocenters. The topological polar surface area (TPSA) is 89.9 Å². The second-order valence-electron chi connectivity index (χ2n) is 4.60. The summed E-state index contributed by atoms with van der Waals surface area (Å²) in [5.74, 6) is 3.01. The summed E-state index contributed by atoms with van der Waals surface area (Å²) < 4.78 is 5.47. The second-order valence-corrected chi connectivity index (χ2v) is 4.60. The summed E-state index contributed by atoms with van der Waals surface area (Å²) in [5.41, 5.74) is 1.05. The maximum atomic E-state index is 12.2. The zero-order valence-corrected chi connectivity index (χ0v) is 12.4. The number of carbonyl (C=O) groups is 1. The molecule has 116 valence electrons. The van der Waals surface area contributed by atoms with Crippen LogP contribution in [0.25, 0.3) is 0 Å². The molecule has 3 rings (SSSR count). The number of carbonyl (C=O) groups excluding carboxylic acids is 1. The van der Waals surface area contributed by atoms with Crippen LogP contribution in [0.2, 0.25) is 0 Å². The molecular weight excluding hydrogens is 306 g/mol. The summed E-state index contributed by atoms with van der Waals surface area (Å²) in [6.45, 7) is 0. The molecule has 0 aliphatic heterocycles. The largest absolute Gasteiger partial charge is 0.434 e. The van der Waals surface area contributed by atoms with E-state index in [0.717, 1.165) is 0 Å². The van der Waals surface area contributed by atoms with Gasteiger partial charge in [0.25, 0.3) is 5.91 Å². The van der Waals surface area contributed by atoms with Crippen molar-refractivity contribution in [2.45, 2.75) is 0 Å². The van der Waals surface area contributed by atoms with Gasteiger partial charge in [-0.25, -0.2) is 9.97 Å². The highest BCUT2D eigenvalue weighted by atomic mass is 16.5. The van der Waals surface area contributed by atoms with Crippen molar-refractivity contribution < 1.29 is 9.53 Å². The summed E-state index contributed by atoms with van der Waals surface area (Å²) in [6, 6.07) is 6.73. The minimum Gasteiger partial charge on any atom is -0.434 e. The molecule has 7 heteroatoms. The van der Waals surface area contributed by atoms with E-state index >= 15 is 0 Å². The van der Waals surface area contributed by atoms with E-state index in [1.807, 2.05) is 0 Å². The number of rotatable bonds is 4. The van der Waals surface area contributed by atoms with Crippen LogP contribution in [0, 0.1) is 12.3 Å². The average Bonchev–Trinajstić information content (AvgIpc) is 2.63. The number of aromatic nitrogens is 4. The van der Waals surface area contributed by atoms with Crippen molar-refractivity contribution in [3.8, 4) is 24.0 Å². The lowest BCUT2D eigenvalue weighted by Gasteiger charge is -2.07. The maximum Gasteiger partial charge on any atom is 0.256 e. The van der Waals surface area contributed by atoms with Gasteiger partial charge in [-0.2, -0.15) is 4.98 Å². The predicted molar refractivity (Wildman–Crippen MR) is 86.5 cm³/mol. The van der Waals surface area contributed by atoms with Crippen LogP contribution >= 0.6 is 0 Å². The highest BCUT2D eigenvalue weighted by Crippen LogP contribution is 2.18. The fraction of sp³-hybridized carbons (Fsp3) is 0. The van der Waals surface area contributed by atoms with Crippen LogP contribution in [0.1, 0.15) is 15.9 Å². The molecule has 1 N–H and O–H groups in total. The van der Waals surface area contributed by atoms with Crippen LogP contribution in [0.15, 0.2) is 55.4 Å². The van der Waals surface area contributed by atoms with Crippen molar-refractivity contribution >= 4 is 11.7 Å². The highest BCUT2D eigenvalue weighted by Gasteiger charge is 2.09. The van der Waals surface area contributed by atoms with Gasteiger partial charge in [-0.05, 0) is 18.2 Å². The Balaban J connectivity index is 1.74. The average molecular weight is 317 g/mol. The molecule has 0 fully saturated rings. The number of terminal acetylenes is 1. The Kier molecular flexibility index (Phi) is 4.40. The van der Waals surface area contributed by atoms with Crippen LogP contribution in [0.4, 0.5) is 5.82 Å². The third kappa shape index (κ3) is 3.69. The number of benzene rings is 1. The molecule has 2 aromatic heterocycles. The first-order chi connectivity index (χ1) is 11.7. The van der Waals surface area contributed by atoms with Crippen LogP contribution in [0.5, 0.6) is 11.6 Å². The lowest BCUT2D eigenvalue weighted by Crippen LogP contribution is -2.13. The molecule has 0 bridgehead atoms. The van der Waals surface area contributed by atoms with Gasteiger partial charge in [0.1, 0.15) is 6.33 Å². The third-order valence-corrected chi connectivity index (χ3v) is 2.90. The van der Waals surface area contributed by atoms with E-state index in [4.69, 9.17) is 11.2 Å². The first-order valence-electron chi connectivity index (χ1n) is 6.87. The van der Waals surface area contributed by atoms with E-state index in [9.17, 15) is 4.79 Å². The van der Waals surface area contributed by atoms with E-state index in [0.29, 0.717) is 16.9 Å². The van der Waals surface area contributed by atoms with Gasteiger partial charge in [-0.1, -0.05) is 12.0 Å². The third-order valence-electron chi connectivity index (χ3n) is 2.90. The van der Waals surface area contributed by atoms with E-state index in [2.05, 4.69) is 31.2 Å². The fourth-order valence-electron chi connectivity index (χ4n) is 1.86. The molecule has 2 heterocycles. The first-order valence-corrected chi connectivity index (χ1v) is 6.87. The highest BCUT2D eigenvalue weighted by molar-refractivity contribution is 6.03. The molecule has 1 aromatic carbocycles. The van der Waals surface area contributed by atoms with Crippen LogP contribution in [0.3, 0.4) is 0 Å². The van der Waals surface area contributed by atoms with Crippen LogP contribution < -0.4 is 10.1 Å². The Bertz CT molecular complexity index is 906. The minimum absolute atomic E-state index is 0.208. The summed E-state index contributed by atoms with van der Waals surface area (Å²) in [4.78, 5) is 28.1. The number of ether oxygens (including phenoxy) is 1. The van der Waals surface area contributed by atoms with Gasteiger partial charge in [0.15, 0.2) is 11.6 Å². The van der Waals surface area contributed by atoms with Crippen molar-refractivity contribution in [2.24, 2.45) is 0 Å². The van der Waals surface area contributed by atoms with Crippen molar-refractivity contribution in [1.82, 2.24) is 19.9 Å². The molecule has 7 nitrogen and oxygen atoms in total. The first kappa shape index (κ1) is 15.1. The number of hydrogen-bond donors (Lipinski definition) is 1. The molecule has 0 saturated carbocycles. The van der Waals surface area contributed by atoms with Crippen LogP contribution in [-0.4, -0.2) is 25.8 Å². The van der Waals surface area contributed by atoms with E-state index < -0.39 is 0 Å². The monoisotopic (exact) mass is 317 g/mol. The minimum atomic E-state index is -0.346. The molecule has 3 aromatic rings. The van der Waals surface area contributed by atoms with Gasteiger partial charge in [0.05, 0.1) is 24.8 Å². The quantitative estimate of drug-likeness (QED) is 0.743. The van der Waals surface area contributed by atoms with E-state index in [1.165, 1.54) is 31.1 Å². The van der Waals surface area contributed by atoms with Gasteiger partial charge in [-0.15, -0.1) is 6.42 Å². The summed E-state index contributed by atoms with van der Waals surface area (Å²) in [7, 11) is 0. The molecule has 0 atom stereocenters. The number of amides is 1. The maximum absolute atomic E-state index is 12.2. The summed E-state index contributed by atoms with van der Waals surface area (Å²) in [5, 5.41) is 2.64. The molecule has 0 spiro atoms. The standard InChI is InChI=1S/C17H11N5O2/c1-2-12-4-3-5-13(6-12)17(23)22-15-9-18-10-16(21-15)24-14-7-19-11-20-8-14/h1,3-11H,(H,21,22,23). The number of anilines is 1. The van der Waals surface area contributed by atoms with Crippen LogP contribution in [-0.2, 0) is 0 Å². The van der Waals surface area contributed by atoms with E-state index in [1.54, 1.807) is 24.3 Å². The van der Waals surface area contributed by atoms with Gasteiger partial charge < -0.3 is 10.1 Å². The molecule has 0 radical (unpaired) electrons. The zero-order valence-electron chi connectivity index (χ0n) is 12.4. The van der Waals surface area contributed by atoms with Gasteiger partial charge in [0, 0.05) is 11.1 Å². The Morgan fingerprint density at radius 2 is 1.96 bits per heavy atom.